The number of halogens is 2. The number of rotatable bonds is 6. The number of carbonyl (C=O) groups excluding carboxylic acids is 2. The standard InChI is InChI=1S/C19H28F2N2O3/c1-7-12(2)23(6)17(24)16(22-18(25)26-19(3,4)5)10-13-8-14(20)11-15(21)9-13/h8-9,11-12,16H,7,10H2,1-6H3,(H,22,25). The van der Waals surface area contributed by atoms with E-state index in [0.717, 1.165) is 24.6 Å². The Labute approximate surface area is 153 Å². The van der Waals surface area contributed by atoms with E-state index >= 15 is 0 Å². The summed E-state index contributed by atoms with van der Waals surface area (Å²) in [5.74, 6) is -1.83. The Morgan fingerprint density at radius 2 is 1.73 bits per heavy atom. The van der Waals surface area contributed by atoms with E-state index in [9.17, 15) is 18.4 Å². The molecule has 2 amide bonds. The molecule has 0 spiro atoms. The van der Waals surface area contributed by atoms with Crippen LogP contribution in [0, 0.1) is 11.6 Å². The summed E-state index contributed by atoms with van der Waals surface area (Å²) in [4.78, 5) is 26.4. The van der Waals surface area contributed by atoms with Crippen LogP contribution in [0.4, 0.5) is 13.6 Å². The highest BCUT2D eigenvalue weighted by Crippen LogP contribution is 2.14. The van der Waals surface area contributed by atoms with Crippen molar-refractivity contribution in [3.8, 4) is 0 Å². The lowest BCUT2D eigenvalue weighted by Gasteiger charge is -2.29. The monoisotopic (exact) mass is 370 g/mol. The van der Waals surface area contributed by atoms with E-state index in [1.165, 1.54) is 4.90 Å². The fourth-order valence-corrected chi connectivity index (χ4v) is 2.35. The van der Waals surface area contributed by atoms with Crippen molar-refractivity contribution in [3.63, 3.8) is 0 Å². The zero-order valence-electron chi connectivity index (χ0n) is 16.2. The third-order valence-corrected chi connectivity index (χ3v) is 3.95. The van der Waals surface area contributed by atoms with Crippen LogP contribution in [0.1, 0.15) is 46.6 Å². The molecular weight excluding hydrogens is 342 g/mol. The van der Waals surface area contributed by atoms with E-state index < -0.39 is 29.4 Å². The fraction of sp³-hybridized carbons (Fsp3) is 0.579. The lowest BCUT2D eigenvalue weighted by Crippen LogP contribution is -2.51. The molecule has 2 unspecified atom stereocenters. The SMILES string of the molecule is CCC(C)N(C)C(=O)C(Cc1cc(F)cc(F)c1)NC(=O)OC(C)(C)C. The Kier molecular flexibility index (Phi) is 7.54. The number of nitrogens with zero attached hydrogens (tertiary/aromatic N) is 1. The average Bonchev–Trinajstić information content (AvgIpc) is 2.49. The Morgan fingerprint density at radius 1 is 1.19 bits per heavy atom. The van der Waals surface area contributed by atoms with Gasteiger partial charge in [-0.3, -0.25) is 4.79 Å². The maximum atomic E-state index is 13.5. The summed E-state index contributed by atoms with van der Waals surface area (Å²) in [6.07, 6.45) is -0.0750. The first-order valence-electron chi connectivity index (χ1n) is 8.64. The van der Waals surface area contributed by atoms with Crippen LogP contribution in [0.15, 0.2) is 18.2 Å². The molecule has 26 heavy (non-hydrogen) atoms. The number of nitrogens with one attached hydrogen (secondary N) is 1. The van der Waals surface area contributed by atoms with Gasteiger partial charge < -0.3 is 15.0 Å². The molecule has 1 N–H and O–H groups in total. The Balaban J connectivity index is 3.04. The smallest absolute Gasteiger partial charge is 0.408 e. The van der Waals surface area contributed by atoms with Crippen LogP contribution >= 0.6 is 0 Å². The molecule has 0 aliphatic rings. The van der Waals surface area contributed by atoms with E-state index in [4.69, 9.17) is 4.74 Å². The maximum Gasteiger partial charge on any atom is 0.408 e. The fourth-order valence-electron chi connectivity index (χ4n) is 2.35. The van der Waals surface area contributed by atoms with E-state index in [0.29, 0.717) is 0 Å². The van der Waals surface area contributed by atoms with Crippen LogP contribution < -0.4 is 5.32 Å². The van der Waals surface area contributed by atoms with E-state index in [1.54, 1.807) is 27.8 Å². The van der Waals surface area contributed by atoms with Gasteiger partial charge in [0, 0.05) is 25.6 Å². The van der Waals surface area contributed by atoms with E-state index in [1.807, 2.05) is 13.8 Å². The van der Waals surface area contributed by atoms with Crippen LogP contribution in [0.25, 0.3) is 0 Å². The van der Waals surface area contributed by atoms with Crippen molar-refractivity contribution in [2.24, 2.45) is 0 Å². The average molecular weight is 370 g/mol. The zero-order valence-corrected chi connectivity index (χ0v) is 16.2. The number of hydrogen-bond acceptors (Lipinski definition) is 3. The predicted octanol–water partition coefficient (Wildman–Crippen LogP) is 3.66. The Morgan fingerprint density at radius 3 is 2.19 bits per heavy atom. The molecule has 1 rings (SSSR count). The normalized spacial score (nSPS) is 13.7. The second-order valence-corrected chi connectivity index (χ2v) is 7.39. The summed E-state index contributed by atoms with van der Waals surface area (Å²) < 4.78 is 32.1. The van der Waals surface area contributed by atoms with Crippen LogP contribution in [-0.4, -0.2) is 41.6 Å². The molecule has 0 aliphatic carbocycles. The van der Waals surface area contributed by atoms with Crippen molar-refractivity contribution in [1.82, 2.24) is 10.2 Å². The number of likely N-dealkylation sites (N-methyl/N-ethyl adjacent to an activating group) is 1. The van der Waals surface area contributed by atoms with Gasteiger partial charge in [0.05, 0.1) is 0 Å². The molecular formula is C19H28F2N2O3. The van der Waals surface area contributed by atoms with E-state index in [-0.39, 0.29) is 23.9 Å². The first-order valence-corrected chi connectivity index (χ1v) is 8.64. The van der Waals surface area contributed by atoms with Gasteiger partial charge in [-0.2, -0.15) is 0 Å². The highest BCUT2D eigenvalue weighted by Gasteiger charge is 2.28. The summed E-state index contributed by atoms with van der Waals surface area (Å²) in [7, 11) is 1.63. The molecule has 0 heterocycles. The van der Waals surface area contributed by atoms with Gasteiger partial charge in [0.15, 0.2) is 0 Å². The van der Waals surface area contributed by atoms with Crippen LogP contribution in [-0.2, 0) is 16.0 Å². The molecule has 1 aromatic rings. The van der Waals surface area contributed by atoms with Crippen molar-refractivity contribution in [2.45, 2.75) is 65.1 Å². The molecule has 0 aromatic heterocycles. The highest BCUT2D eigenvalue weighted by atomic mass is 19.1. The number of alkyl carbamates (subject to hydrolysis) is 1. The summed E-state index contributed by atoms with van der Waals surface area (Å²) in [6.45, 7) is 8.93. The van der Waals surface area contributed by atoms with Crippen LogP contribution in [0.3, 0.4) is 0 Å². The summed E-state index contributed by atoms with van der Waals surface area (Å²) in [6, 6.07) is 2.00. The van der Waals surface area contributed by atoms with Crippen LogP contribution in [0.5, 0.6) is 0 Å². The largest absolute Gasteiger partial charge is 0.444 e. The van der Waals surface area contributed by atoms with Gasteiger partial charge in [-0.15, -0.1) is 0 Å². The Bertz CT molecular complexity index is 624. The van der Waals surface area contributed by atoms with Gasteiger partial charge in [0.25, 0.3) is 0 Å². The highest BCUT2D eigenvalue weighted by molar-refractivity contribution is 5.86. The molecule has 0 fully saturated rings. The van der Waals surface area contributed by atoms with Crippen molar-refractivity contribution >= 4 is 12.0 Å². The molecule has 1 aromatic carbocycles. The summed E-state index contributed by atoms with van der Waals surface area (Å²) >= 11 is 0. The molecule has 0 bridgehead atoms. The molecule has 0 aliphatic heterocycles. The van der Waals surface area contributed by atoms with Crippen molar-refractivity contribution in [3.05, 3.63) is 35.4 Å². The molecule has 7 heteroatoms. The number of ether oxygens (including phenoxy) is 1. The third-order valence-electron chi connectivity index (χ3n) is 3.95. The first kappa shape index (κ1) is 21.9. The van der Waals surface area contributed by atoms with Gasteiger partial charge >= 0.3 is 6.09 Å². The van der Waals surface area contributed by atoms with Crippen molar-refractivity contribution in [1.29, 1.82) is 0 Å². The van der Waals surface area contributed by atoms with Gasteiger partial charge in [-0.1, -0.05) is 6.92 Å². The van der Waals surface area contributed by atoms with Gasteiger partial charge in [0.1, 0.15) is 23.3 Å². The van der Waals surface area contributed by atoms with Gasteiger partial charge in [-0.25, -0.2) is 13.6 Å². The number of benzene rings is 1. The van der Waals surface area contributed by atoms with Crippen molar-refractivity contribution < 1.29 is 23.1 Å². The molecule has 146 valence electrons. The van der Waals surface area contributed by atoms with E-state index in [2.05, 4.69) is 5.32 Å². The van der Waals surface area contributed by atoms with Crippen LogP contribution in [0.2, 0.25) is 0 Å². The topological polar surface area (TPSA) is 58.6 Å². The third kappa shape index (κ3) is 6.98. The van der Waals surface area contributed by atoms with Gasteiger partial charge in [-0.05, 0) is 51.8 Å². The molecule has 5 nitrogen and oxygen atoms in total. The minimum absolute atomic E-state index is 0.0466. The zero-order chi connectivity index (χ0) is 20.1. The maximum absolute atomic E-state index is 13.5. The summed E-state index contributed by atoms with van der Waals surface area (Å²) in [5, 5.41) is 2.52. The first-order chi connectivity index (χ1) is 11.9. The second kappa shape index (κ2) is 8.96. The predicted molar refractivity (Wildman–Crippen MR) is 95.7 cm³/mol. The number of amides is 2. The lowest BCUT2D eigenvalue weighted by molar-refractivity contribution is -0.134. The lowest BCUT2D eigenvalue weighted by atomic mass is 10.0. The second-order valence-electron chi connectivity index (χ2n) is 7.39. The molecule has 2 atom stereocenters. The minimum atomic E-state index is -0.995. The Hall–Kier alpha value is -2.18. The molecule has 0 radical (unpaired) electrons. The molecule has 0 saturated carbocycles. The minimum Gasteiger partial charge on any atom is -0.444 e. The molecule has 0 saturated heterocycles. The summed E-state index contributed by atoms with van der Waals surface area (Å²) in [5.41, 5.74) is -0.458. The number of hydrogen-bond donors (Lipinski definition) is 1. The number of carbonyl (C=O) groups is 2. The quantitative estimate of drug-likeness (QED) is 0.831. The van der Waals surface area contributed by atoms with Gasteiger partial charge in [0.2, 0.25) is 5.91 Å². The van der Waals surface area contributed by atoms with Crippen molar-refractivity contribution in [2.75, 3.05) is 7.05 Å².